The molecular weight excluding hydrogens is 403 g/mol. The Morgan fingerprint density at radius 3 is 2.67 bits per heavy atom. The van der Waals surface area contributed by atoms with Gasteiger partial charge in [-0.2, -0.15) is 0 Å². The van der Waals surface area contributed by atoms with Gasteiger partial charge in [0.25, 0.3) is 0 Å². The summed E-state index contributed by atoms with van der Waals surface area (Å²) in [6, 6.07) is 12.9. The summed E-state index contributed by atoms with van der Waals surface area (Å²) >= 11 is 1.21. The zero-order chi connectivity index (χ0) is 21.5. The molecule has 0 bridgehead atoms. The molecule has 3 aromatic rings. The van der Waals surface area contributed by atoms with Gasteiger partial charge < -0.3 is 9.88 Å². The molecule has 0 spiro atoms. The van der Waals surface area contributed by atoms with Gasteiger partial charge >= 0.3 is 0 Å². The summed E-state index contributed by atoms with van der Waals surface area (Å²) in [6.45, 7) is 6.10. The number of rotatable bonds is 9. The van der Waals surface area contributed by atoms with Crippen molar-refractivity contribution in [2.45, 2.75) is 25.0 Å². The summed E-state index contributed by atoms with van der Waals surface area (Å²) in [5.41, 5.74) is 2.19. The number of Topliss-reactive ketones (excluding diaryl/α,β-unsaturated/α-hetero) is 1. The monoisotopic (exact) mass is 424 g/mol. The van der Waals surface area contributed by atoms with Gasteiger partial charge in [0, 0.05) is 17.8 Å². The molecule has 1 amide bonds. The number of amides is 1. The number of anilines is 1. The van der Waals surface area contributed by atoms with Crippen molar-refractivity contribution in [2.75, 3.05) is 11.1 Å². The van der Waals surface area contributed by atoms with Gasteiger partial charge in [-0.25, -0.2) is 4.39 Å². The van der Waals surface area contributed by atoms with E-state index in [1.54, 1.807) is 10.6 Å². The Hall–Kier alpha value is -3.26. The number of hydrogen-bond acceptors (Lipinski definition) is 5. The second kappa shape index (κ2) is 9.98. The Labute approximate surface area is 178 Å². The van der Waals surface area contributed by atoms with Crippen LogP contribution < -0.4 is 5.32 Å². The number of nitrogens with zero attached hydrogens (tertiary/aromatic N) is 3. The first-order valence-electron chi connectivity index (χ1n) is 9.27. The van der Waals surface area contributed by atoms with Crippen LogP contribution in [0.1, 0.15) is 21.7 Å². The molecule has 154 valence electrons. The third-order valence-electron chi connectivity index (χ3n) is 4.22. The Balaban J connectivity index is 1.66. The molecule has 30 heavy (non-hydrogen) atoms. The fraction of sp³-hybridized carbons (Fsp3) is 0.182. The van der Waals surface area contributed by atoms with E-state index >= 15 is 0 Å². The van der Waals surface area contributed by atoms with Gasteiger partial charge in [0.2, 0.25) is 5.91 Å². The van der Waals surface area contributed by atoms with Gasteiger partial charge in [-0.1, -0.05) is 30.0 Å². The quantitative estimate of drug-likeness (QED) is 0.318. The van der Waals surface area contributed by atoms with Crippen molar-refractivity contribution >= 4 is 29.1 Å². The van der Waals surface area contributed by atoms with Gasteiger partial charge in [0.05, 0.1) is 12.2 Å². The summed E-state index contributed by atoms with van der Waals surface area (Å²) in [6.07, 6.45) is 1.72. The Morgan fingerprint density at radius 2 is 1.97 bits per heavy atom. The molecule has 8 heteroatoms. The van der Waals surface area contributed by atoms with E-state index in [1.165, 1.54) is 36.0 Å². The third kappa shape index (κ3) is 5.64. The summed E-state index contributed by atoms with van der Waals surface area (Å²) in [4.78, 5) is 24.8. The third-order valence-corrected chi connectivity index (χ3v) is 5.19. The zero-order valence-electron chi connectivity index (χ0n) is 16.5. The number of allylic oxidation sites excluding steroid dienone is 1. The van der Waals surface area contributed by atoms with Crippen LogP contribution in [0.15, 0.2) is 66.3 Å². The molecule has 6 nitrogen and oxygen atoms in total. The summed E-state index contributed by atoms with van der Waals surface area (Å²) in [7, 11) is 0. The smallest absolute Gasteiger partial charge is 0.232 e. The highest BCUT2D eigenvalue weighted by molar-refractivity contribution is 7.99. The molecule has 0 atom stereocenters. The number of aromatic nitrogens is 3. The van der Waals surface area contributed by atoms with Crippen LogP contribution in [0.5, 0.6) is 0 Å². The lowest BCUT2D eigenvalue weighted by molar-refractivity contribution is -0.115. The van der Waals surface area contributed by atoms with E-state index in [1.807, 2.05) is 31.2 Å². The highest BCUT2D eigenvalue weighted by Gasteiger charge is 2.17. The minimum absolute atomic E-state index is 0.0429. The molecule has 2 aromatic carbocycles. The minimum Gasteiger partial charge on any atom is -0.326 e. The first kappa shape index (κ1) is 21.4. The molecule has 1 heterocycles. The highest BCUT2D eigenvalue weighted by atomic mass is 32.2. The van der Waals surface area contributed by atoms with Crippen LogP contribution in [0.25, 0.3) is 0 Å². The SMILES string of the molecule is C=CCn1c(CC(=O)Nc2cccc(C)c2)nnc1SCC(=O)c1ccc(F)cc1. The van der Waals surface area contributed by atoms with Crippen molar-refractivity contribution in [1.82, 2.24) is 14.8 Å². The van der Waals surface area contributed by atoms with E-state index in [4.69, 9.17) is 0 Å². The average molecular weight is 425 g/mol. The fourth-order valence-electron chi connectivity index (χ4n) is 2.79. The Morgan fingerprint density at radius 1 is 1.20 bits per heavy atom. The van der Waals surface area contributed by atoms with E-state index in [0.29, 0.717) is 28.8 Å². The van der Waals surface area contributed by atoms with E-state index in [0.717, 1.165) is 5.56 Å². The maximum atomic E-state index is 13.0. The number of halogens is 1. The van der Waals surface area contributed by atoms with Crippen molar-refractivity contribution in [2.24, 2.45) is 0 Å². The predicted molar refractivity (Wildman–Crippen MR) is 115 cm³/mol. The van der Waals surface area contributed by atoms with Crippen molar-refractivity contribution in [3.63, 3.8) is 0 Å². The van der Waals surface area contributed by atoms with Crippen LogP contribution in [-0.2, 0) is 17.8 Å². The molecule has 0 aliphatic carbocycles. The maximum Gasteiger partial charge on any atom is 0.232 e. The molecule has 0 unspecified atom stereocenters. The van der Waals surface area contributed by atoms with Gasteiger partial charge in [-0.3, -0.25) is 9.59 Å². The summed E-state index contributed by atoms with van der Waals surface area (Å²) in [5, 5.41) is 11.6. The second-order valence-corrected chi connectivity index (χ2v) is 7.55. The molecule has 3 rings (SSSR count). The van der Waals surface area contributed by atoms with Crippen LogP contribution in [-0.4, -0.2) is 32.2 Å². The Kier molecular flexibility index (Phi) is 7.13. The van der Waals surface area contributed by atoms with Crippen LogP contribution in [0, 0.1) is 12.7 Å². The van der Waals surface area contributed by atoms with E-state index < -0.39 is 5.82 Å². The number of thioether (sulfide) groups is 1. The largest absolute Gasteiger partial charge is 0.326 e. The molecule has 1 aromatic heterocycles. The van der Waals surface area contributed by atoms with Crippen molar-refractivity contribution < 1.29 is 14.0 Å². The van der Waals surface area contributed by atoms with Crippen LogP contribution in [0.4, 0.5) is 10.1 Å². The van der Waals surface area contributed by atoms with E-state index in [2.05, 4.69) is 22.1 Å². The first-order chi connectivity index (χ1) is 14.5. The minimum atomic E-state index is -0.390. The lowest BCUT2D eigenvalue weighted by Gasteiger charge is -2.09. The standard InChI is InChI=1S/C22H21FN4O2S/c1-3-11-27-20(13-21(29)24-18-6-4-5-15(2)12-18)25-26-22(27)30-14-19(28)16-7-9-17(23)10-8-16/h3-10,12H,1,11,13-14H2,2H3,(H,24,29). The number of aryl methyl sites for hydroxylation is 1. The van der Waals surface area contributed by atoms with Crippen LogP contribution in [0.2, 0.25) is 0 Å². The molecule has 1 N–H and O–H groups in total. The van der Waals surface area contributed by atoms with Crippen LogP contribution in [0.3, 0.4) is 0 Å². The normalized spacial score (nSPS) is 10.6. The lowest BCUT2D eigenvalue weighted by atomic mass is 10.1. The van der Waals surface area contributed by atoms with Crippen molar-refractivity contribution in [3.8, 4) is 0 Å². The number of hydrogen-bond donors (Lipinski definition) is 1. The van der Waals surface area contributed by atoms with Crippen molar-refractivity contribution in [1.29, 1.82) is 0 Å². The molecule has 0 saturated heterocycles. The Bertz CT molecular complexity index is 1060. The number of carbonyl (C=O) groups excluding carboxylic acids is 2. The number of ketones is 1. The van der Waals surface area contributed by atoms with Gasteiger partial charge in [0.15, 0.2) is 10.9 Å². The molecular formula is C22H21FN4O2S. The molecule has 0 saturated carbocycles. The predicted octanol–water partition coefficient (Wildman–Crippen LogP) is 4.07. The fourth-order valence-corrected chi connectivity index (χ4v) is 3.65. The van der Waals surface area contributed by atoms with Gasteiger partial charge in [-0.15, -0.1) is 16.8 Å². The molecule has 0 aliphatic heterocycles. The maximum absolute atomic E-state index is 13.0. The van der Waals surface area contributed by atoms with E-state index in [-0.39, 0.29) is 23.9 Å². The molecule has 0 fully saturated rings. The second-order valence-electron chi connectivity index (χ2n) is 6.61. The lowest BCUT2D eigenvalue weighted by Crippen LogP contribution is -2.18. The first-order valence-corrected chi connectivity index (χ1v) is 10.3. The number of carbonyl (C=O) groups is 2. The van der Waals surface area contributed by atoms with Crippen molar-refractivity contribution in [3.05, 3.63) is 84.0 Å². The number of benzene rings is 2. The highest BCUT2D eigenvalue weighted by Crippen LogP contribution is 2.20. The summed E-state index contributed by atoms with van der Waals surface area (Å²) < 4.78 is 14.8. The number of nitrogens with one attached hydrogen (secondary N) is 1. The summed E-state index contributed by atoms with van der Waals surface area (Å²) in [5.74, 6) is -0.143. The molecule has 0 radical (unpaired) electrons. The van der Waals surface area contributed by atoms with Gasteiger partial charge in [-0.05, 0) is 48.9 Å². The average Bonchev–Trinajstić information content (AvgIpc) is 3.08. The molecule has 0 aliphatic rings. The zero-order valence-corrected chi connectivity index (χ0v) is 17.3. The van der Waals surface area contributed by atoms with Gasteiger partial charge in [0.1, 0.15) is 11.6 Å². The van der Waals surface area contributed by atoms with Crippen LogP contribution >= 0.6 is 11.8 Å². The topological polar surface area (TPSA) is 76.9 Å². The van der Waals surface area contributed by atoms with E-state index in [9.17, 15) is 14.0 Å².